The molecule has 1 nitrogen and oxygen atoms in total. The Labute approximate surface area is 117 Å². The van der Waals surface area contributed by atoms with Crippen LogP contribution in [0.1, 0.15) is 40.5 Å². The van der Waals surface area contributed by atoms with E-state index in [1.54, 1.807) is 0 Å². The summed E-state index contributed by atoms with van der Waals surface area (Å²) in [5.41, 5.74) is 0.138. The average molecular weight is 268 g/mol. The van der Waals surface area contributed by atoms with Gasteiger partial charge >= 0.3 is 0 Å². The van der Waals surface area contributed by atoms with Crippen LogP contribution in [0.2, 0.25) is 0 Å². The first-order valence-corrected chi connectivity index (χ1v) is 8.08. The highest BCUT2D eigenvalue weighted by molar-refractivity contribution is 7.99. The summed E-state index contributed by atoms with van der Waals surface area (Å²) in [6.07, 6.45) is 4.21. The van der Waals surface area contributed by atoms with E-state index in [-0.39, 0.29) is 11.5 Å². The lowest BCUT2D eigenvalue weighted by atomic mass is 9.89. The Bertz CT molecular complexity index is 258. The minimum atomic E-state index is -0.0788. The Balaban J connectivity index is 0.000000308. The largest absolute Gasteiger partial charge is 0.393 e. The van der Waals surface area contributed by atoms with Crippen molar-refractivity contribution in [2.45, 2.75) is 51.9 Å². The quantitative estimate of drug-likeness (QED) is 0.802. The molecular formula is C16H28OS. The van der Waals surface area contributed by atoms with Gasteiger partial charge in [0.05, 0.1) is 6.10 Å². The summed E-state index contributed by atoms with van der Waals surface area (Å²) >= 11 is 1.88. The fourth-order valence-corrected chi connectivity index (χ4v) is 3.21. The lowest BCUT2D eigenvalue weighted by molar-refractivity contribution is 0.0822. The van der Waals surface area contributed by atoms with E-state index in [0.717, 1.165) is 6.42 Å². The Morgan fingerprint density at radius 1 is 0.944 bits per heavy atom. The maximum absolute atomic E-state index is 9.55. The molecule has 1 aliphatic carbocycles. The molecular weight excluding hydrogens is 240 g/mol. The fourth-order valence-electron chi connectivity index (χ4n) is 2.07. The third kappa shape index (κ3) is 5.45. The van der Waals surface area contributed by atoms with Crippen molar-refractivity contribution >= 4 is 11.8 Å². The molecule has 2 rings (SSSR count). The van der Waals surface area contributed by atoms with Gasteiger partial charge in [-0.15, -0.1) is 0 Å². The number of thioether (sulfide) groups is 1. The van der Waals surface area contributed by atoms with Gasteiger partial charge in [-0.1, -0.05) is 64.1 Å². The zero-order valence-corrected chi connectivity index (χ0v) is 13.2. The Hall–Kier alpha value is -0.470. The molecule has 104 valence electrons. The minimum Gasteiger partial charge on any atom is -0.393 e. The molecule has 1 aromatic carbocycles. The van der Waals surface area contributed by atoms with Crippen LogP contribution in [0.4, 0.5) is 0 Å². The van der Waals surface area contributed by atoms with Crippen molar-refractivity contribution in [2.75, 3.05) is 6.26 Å². The number of aliphatic hydroxyl groups excluding tert-OH is 1. The second-order valence-electron chi connectivity index (χ2n) is 4.79. The zero-order chi connectivity index (χ0) is 14.0. The van der Waals surface area contributed by atoms with Gasteiger partial charge in [0.2, 0.25) is 0 Å². The molecule has 1 fully saturated rings. The normalized spacial score (nSPS) is 24.3. The van der Waals surface area contributed by atoms with Gasteiger partial charge in [0, 0.05) is 10.7 Å². The first-order chi connectivity index (χ1) is 8.59. The predicted molar refractivity (Wildman–Crippen MR) is 84.1 cm³/mol. The number of aliphatic hydroxyl groups is 1. The van der Waals surface area contributed by atoms with E-state index in [9.17, 15) is 5.11 Å². The highest BCUT2D eigenvalue weighted by atomic mass is 32.2. The predicted octanol–water partition coefficient (Wildman–Crippen LogP) is 4.61. The van der Waals surface area contributed by atoms with Crippen LogP contribution in [0.15, 0.2) is 36.4 Å². The summed E-state index contributed by atoms with van der Waals surface area (Å²) in [5, 5.41) is 10.2. The molecule has 0 radical (unpaired) electrons. The second kappa shape index (κ2) is 9.46. The smallest absolute Gasteiger partial charge is 0.0602 e. The van der Waals surface area contributed by atoms with E-state index in [1.165, 1.54) is 6.42 Å². The molecule has 0 saturated heterocycles. The van der Waals surface area contributed by atoms with Crippen molar-refractivity contribution in [3.63, 3.8) is 0 Å². The molecule has 0 spiro atoms. The SMILES string of the molecule is CC.CSC1CCC(O)C1(C)C.c1ccccc1. The Morgan fingerprint density at radius 2 is 1.33 bits per heavy atom. The van der Waals surface area contributed by atoms with E-state index in [2.05, 4.69) is 20.1 Å². The third-order valence-corrected chi connectivity index (χ3v) is 4.75. The minimum absolute atomic E-state index is 0.0788. The van der Waals surface area contributed by atoms with Crippen molar-refractivity contribution in [1.29, 1.82) is 0 Å². The van der Waals surface area contributed by atoms with Gasteiger partial charge in [-0.05, 0) is 19.1 Å². The van der Waals surface area contributed by atoms with Gasteiger partial charge in [0.25, 0.3) is 0 Å². The monoisotopic (exact) mass is 268 g/mol. The average Bonchev–Trinajstić information content (AvgIpc) is 2.69. The van der Waals surface area contributed by atoms with Crippen LogP contribution >= 0.6 is 11.8 Å². The lowest BCUT2D eigenvalue weighted by Gasteiger charge is -2.28. The summed E-state index contributed by atoms with van der Waals surface area (Å²) in [4.78, 5) is 0. The van der Waals surface area contributed by atoms with Crippen LogP contribution in [0, 0.1) is 5.41 Å². The van der Waals surface area contributed by atoms with Crippen LogP contribution < -0.4 is 0 Å². The molecule has 0 bridgehead atoms. The summed E-state index contributed by atoms with van der Waals surface area (Å²) < 4.78 is 0. The third-order valence-electron chi connectivity index (χ3n) is 3.34. The number of rotatable bonds is 1. The number of hydrogen-bond donors (Lipinski definition) is 1. The van der Waals surface area contributed by atoms with Crippen LogP contribution in [0.3, 0.4) is 0 Å². The van der Waals surface area contributed by atoms with Crippen molar-refractivity contribution in [3.05, 3.63) is 36.4 Å². The highest BCUT2D eigenvalue weighted by Gasteiger charge is 2.41. The molecule has 0 amide bonds. The van der Waals surface area contributed by atoms with Crippen LogP contribution in [0.25, 0.3) is 0 Å². The molecule has 2 heteroatoms. The fraction of sp³-hybridized carbons (Fsp3) is 0.625. The molecule has 2 atom stereocenters. The molecule has 1 saturated carbocycles. The first-order valence-electron chi connectivity index (χ1n) is 6.80. The lowest BCUT2D eigenvalue weighted by Crippen LogP contribution is -2.30. The van der Waals surface area contributed by atoms with Crippen LogP contribution in [-0.4, -0.2) is 22.7 Å². The highest BCUT2D eigenvalue weighted by Crippen LogP contribution is 2.43. The van der Waals surface area contributed by atoms with Crippen molar-refractivity contribution in [1.82, 2.24) is 0 Å². The Kier molecular flexibility index (Phi) is 9.21. The van der Waals surface area contributed by atoms with Gasteiger partial charge in [0.1, 0.15) is 0 Å². The molecule has 0 heterocycles. The standard InChI is InChI=1S/C8H16OS.C6H6.C2H6/c1-8(2)6(9)4-5-7(8)10-3;1-2-4-6-5-3-1;1-2/h6-7,9H,4-5H2,1-3H3;1-6H;1-2H3. The van der Waals surface area contributed by atoms with Crippen molar-refractivity contribution in [2.24, 2.45) is 5.41 Å². The molecule has 1 N–H and O–H groups in total. The van der Waals surface area contributed by atoms with Gasteiger partial charge in [-0.2, -0.15) is 11.8 Å². The maximum Gasteiger partial charge on any atom is 0.0602 e. The second-order valence-corrected chi connectivity index (χ2v) is 5.83. The van der Waals surface area contributed by atoms with E-state index >= 15 is 0 Å². The number of hydrogen-bond acceptors (Lipinski definition) is 2. The van der Waals surface area contributed by atoms with E-state index in [1.807, 2.05) is 62.0 Å². The molecule has 1 aromatic rings. The van der Waals surface area contributed by atoms with Crippen molar-refractivity contribution in [3.8, 4) is 0 Å². The summed E-state index contributed by atoms with van der Waals surface area (Å²) in [5.74, 6) is 0. The van der Waals surface area contributed by atoms with Crippen LogP contribution in [0.5, 0.6) is 0 Å². The summed E-state index contributed by atoms with van der Waals surface area (Å²) in [6, 6.07) is 12.0. The van der Waals surface area contributed by atoms with Crippen molar-refractivity contribution < 1.29 is 5.11 Å². The summed E-state index contributed by atoms with van der Waals surface area (Å²) in [7, 11) is 0. The van der Waals surface area contributed by atoms with E-state index in [0.29, 0.717) is 5.25 Å². The molecule has 18 heavy (non-hydrogen) atoms. The van der Waals surface area contributed by atoms with Gasteiger partial charge in [-0.3, -0.25) is 0 Å². The zero-order valence-electron chi connectivity index (χ0n) is 12.4. The molecule has 0 aromatic heterocycles. The van der Waals surface area contributed by atoms with Crippen LogP contribution in [-0.2, 0) is 0 Å². The van der Waals surface area contributed by atoms with E-state index < -0.39 is 0 Å². The maximum atomic E-state index is 9.55. The summed E-state index contributed by atoms with van der Waals surface area (Å²) in [6.45, 7) is 8.32. The molecule has 1 aliphatic rings. The Morgan fingerprint density at radius 3 is 1.50 bits per heavy atom. The van der Waals surface area contributed by atoms with E-state index in [4.69, 9.17) is 0 Å². The van der Waals surface area contributed by atoms with Gasteiger partial charge in [-0.25, -0.2) is 0 Å². The first kappa shape index (κ1) is 17.5. The van der Waals surface area contributed by atoms with Gasteiger partial charge in [0.15, 0.2) is 0 Å². The molecule has 0 aliphatic heterocycles. The number of benzene rings is 1. The molecule has 2 unspecified atom stereocenters. The topological polar surface area (TPSA) is 20.2 Å². The van der Waals surface area contributed by atoms with Gasteiger partial charge < -0.3 is 5.11 Å².